The summed E-state index contributed by atoms with van der Waals surface area (Å²) in [6.45, 7) is 6.00. The van der Waals surface area contributed by atoms with E-state index >= 15 is 0 Å². The average Bonchev–Trinajstić information content (AvgIpc) is 2.31. The molecule has 1 aliphatic rings. The molecule has 0 unspecified atom stereocenters. The second kappa shape index (κ2) is 5.61. The molecule has 0 aromatic carbocycles. The fraction of sp³-hybridized carbons (Fsp3) is 0.917. The lowest BCUT2D eigenvalue weighted by Gasteiger charge is -2.37. The summed E-state index contributed by atoms with van der Waals surface area (Å²) in [7, 11) is 0. The Hall–Kier alpha value is -0.410. The van der Waals surface area contributed by atoms with Crippen LogP contribution in [0, 0.1) is 11.3 Å². The van der Waals surface area contributed by atoms with Gasteiger partial charge in [-0.05, 0) is 25.7 Å². The van der Waals surface area contributed by atoms with Gasteiger partial charge in [0.2, 0.25) is 0 Å². The zero-order valence-electron chi connectivity index (χ0n) is 9.92. The third-order valence-electron chi connectivity index (χ3n) is 3.72. The van der Waals surface area contributed by atoms with Crippen molar-refractivity contribution in [1.29, 1.82) is 0 Å². The zero-order chi connectivity index (χ0) is 11.3. The number of hydrogen-bond donors (Lipinski definition) is 1. The van der Waals surface area contributed by atoms with E-state index < -0.39 is 0 Å². The van der Waals surface area contributed by atoms with E-state index in [1.54, 1.807) is 0 Å². The van der Waals surface area contributed by atoms with Gasteiger partial charge in [-0.1, -0.05) is 13.8 Å². The predicted octanol–water partition coefficient (Wildman–Crippen LogP) is 1.75. The van der Waals surface area contributed by atoms with Gasteiger partial charge in [0.1, 0.15) is 5.78 Å². The van der Waals surface area contributed by atoms with Gasteiger partial charge in [-0.3, -0.25) is 4.79 Å². The number of hydrogen-bond acceptors (Lipinski definition) is 3. The van der Waals surface area contributed by atoms with E-state index in [9.17, 15) is 4.79 Å². The van der Waals surface area contributed by atoms with Gasteiger partial charge in [0.15, 0.2) is 0 Å². The van der Waals surface area contributed by atoms with Crippen molar-refractivity contribution in [1.82, 2.24) is 0 Å². The molecule has 88 valence electrons. The van der Waals surface area contributed by atoms with E-state index in [1.807, 2.05) is 0 Å². The number of carbonyl (C=O) groups excluding carboxylic acids is 1. The van der Waals surface area contributed by atoms with Gasteiger partial charge in [0, 0.05) is 31.1 Å². The number of Topliss-reactive ketones (excluding diaryl/α,β-unsaturated/α-hetero) is 1. The van der Waals surface area contributed by atoms with Crippen LogP contribution in [0.4, 0.5) is 0 Å². The maximum Gasteiger partial charge on any atom is 0.143 e. The summed E-state index contributed by atoms with van der Waals surface area (Å²) < 4.78 is 5.32. The summed E-state index contributed by atoms with van der Waals surface area (Å²) in [5, 5.41) is 0. The largest absolute Gasteiger partial charge is 0.381 e. The highest BCUT2D eigenvalue weighted by atomic mass is 16.5. The molecular weight excluding hydrogens is 190 g/mol. The number of ketones is 1. The van der Waals surface area contributed by atoms with Crippen molar-refractivity contribution in [2.45, 2.75) is 39.5 Å². The predicted molar refractivity (Wildman–Crippen MR) is 60.6 cm³/mol. The molecule has 0 aromatic rings. The number of ether oxygens (including phenoxy) is 1. The van der Waals surface area contributed by atoms with Gasteiger partial charge in [0.05, 0.1) is 0 Å². The molecule has 0 aliphatic carbocycles. The molecule has 1 heterocycles. The van der Waals surface area contributed by atoms with E-state index in [0.29, 0.717) is 25.5 Å². The van der Waals surface area contributed by atoms with Crippen LogP contribution in [0.25, 0.3) is 0 Å². The highest BCUT2D eigenvalue weighted by Gasteiger charge is 2.40. The Kier molecular flexibility index (Phi) is 4.74. The number of rotatable bonds is 5. The molecule has 0 amide bonds. The molecule has 1 rings (SSSR count). The molecule has 0 bridgehead atoms. The molecule has 0 aromatic heterocycles. The summed E-state index contributed by atoms with van der Waals surface area (Å²) >= 11 is 0. The Morgan fingerprint density at radius 1 is 1.33 bits per heavy atom. The van der Waals surface area contributed by atoms with E-state index in [2.05, 4.69) is 13.8 Å². The van der Waals surface area contributed by atoms with E-state index in [-0.39, 0.29) is 11.3 Å². The lowest BCUT2D eigenvalue weighted by Crippen LogP contribution is -2.46. The lowest BCUT2D eigenvalue weighted by molar-refractivity contribution is -0.138. The van der Waals surface area contributed by atoms with Crippen molar-refractivity contribution >= 4 is 5.78 Å². The molecule has 2 N–H and O–H groups in total. The van der Waals surface area contributed by atoms with Crippen LogP contribution in [0.2, 0.25) is 0 Å². The van der Waals surface area contributed by atoms with Crippen molar-refractivity contribution in [2.75, 3.05) is 19.8 Å². The third-order valence-corrected chi connectivity index (χ3v) is 3.72. The van der Waals surface area contributed by atoms with Crippen LogP contribution in [-0.2, 0) is 9.53 Å². The molecule has 0 atom stereocenters. The first-order chi connectivity index (χ1) is 7.20. The van der Waals surface area contributed by atoms with E-state index in [0.717, 1.165) is 25.7 Å². The topological polar surface area (TPSA) is 52.3 Å². The summed E-state index contributed by atoms with van der Waals surface area (Å²) in [6.07, 6.45) is 3.47. The highest BCUT2D eigenvalue weighted by molar-refractivity contribution is 5.87. The van der Waals surface area contributed by atoms with Gasteiger partial charge in [0.25, 0.3) is 0 Å². The van der Waals surface area contributed by atoms with E-state index in [4.69, 9.17) is 10.5 Å². The van der Waals surface area contributed by atoms with Gasteiger partial charge in [-0.2, -0.15) is 0 Å². The molecule has 0 spiro atoms. The number of carbonyl (C=O) groups is 1. The van der Waals surface area contributed by atoms with Crippen LogP contribution in [0.15, 0.2) is 0 Å². The smallest absolute Gasteiger partial charge is 0.143 e. The molecule has 0 saturated carbocycles. The maximum atomic E-state index is 12.4. The molecule has 3 heteroatoms. The first kappa shape index (κ1) is 12.7. The van der Waals surface area contributed by atoms with Crippen molar-refractivity contribution in [3.8, 4) is 0 Å². The van der Waals surface area contributed by atoms with Crippen LogP contribution in [0.3, 0.4) is 0 Å². The molecule has 3 nitrogen and oxygen atoms in total. The maximum absolute atomic E-state index is 12.4. The zero-order valence-corrected chi connectivity index (χ0v) is 9.92. The van der Waals surface area contributed by atoms with Gasteiger partial charge < -0.3 is 10.5 Å². The molecular formula is C12H23NO2. The van der Waals surface area contributed by atoms with Crippen molar-refractivity contribution in [3.05, 3.63) is 0 Å². The van der Waals surface area contributed by atoms with Crippen LogP contribution in [0.1, 0.15) is 39.5 Å². The minimum absolute atomic E-state index is 0.187. The Balaban J connectivity index is 2.75. The summed E-state index contributed by atoms with van der Waals surface area (Å²) in [5.74, 6) is 0.560. The molecule has 1 saturated heterocycles. The van der Waals surface area contributed by atoms with Crippen LogP contribution >= 0.6 is 0 Å². The SMILES string of the molecule is CCC(CC)C(=O)C1(CN)CCOCC1. The number of nitrogens with two attached hydrogens (primary N) is 1. The van der Waals surface area contributed by atoms with Crippen LogP contribution < -0.4 is 5.73 Å². The first-order valence-corrected chi connectivity index (χ1v) is 6.02. The average molecular weight is 213 g/mol. The summed E-state index contributed by atoms with van der Waals surface area (Å²) in [4.78, 5) is 12.4. The minimum Gasteiger partial charge on any atom is -0.381 e. The second-order valence-corrected chi connectivity index (χ2v) is 4.47. The normalized spacial score (nSPS) is 20.5. The fourth-order valence-electron chi connectivity index (χ4n) is 2.41. The first-order valence-electron chi connectivity index (χ1n) is 6.02. The Morgan fingerprint density at radius 2 is 1.87 bits per heavy atom. The van der Waals surface area contributed by atoms with E-state index in [1.165, 1.54) is 0 Å². The summed E-state index contributed by atoms with van der Waals surface area (Å²) in [5.41, 5.74) is 5.53. The summed E-state index contributed by atoms with van der Waals surface area (Å²) in [6, 6.07) is 0. The third kappa shape index (κ3) is 2.58. The molecule has 15 heavy (non-hydrogen) atoms. The van der Waals surface area contributed by atoms with Gasteiger partial charge in [-0.25, -0.2) is 0 Å². The van der Waals surface area contributed by atoms with Crippen molar-refractivity contribution in [2.24, 2.45) is 17.1 Å². The van der Waals surface area contributed by atoms with Gasteiger partial charge >= 0.3 is 0 Å². The second-order valence-electron chi connectivity index (χ2n) is 4.47. The highest BCUT2D eigenvalue weighted by Crippen LogP contribution is 2.34. The molecule has 0 radical (unpaired) electrons. The molecule has 1 aliphatic heterocycles. The minimum atomic E-state index is -0.283. The Labute approximate surface area is 92.4 Å². The Morgan fingerprint density at radius 3 is 2.27 bits per heavy atom. The van der Waals surface area contributed by atoms with Crippen molar-refractivity contribution < 1.29 is 9.53 Å². The fourth-order valence-corrected chi connectivity index (χ4v) is 2.41. The van der Waals surface area contributed by atoms with Crippen molar-refractivity contribution in [3.63, 3.8) is 0 Å². The van der Waals surface area contributed by atoms with Gasteiger partial charge in [-0.15, -0.1) is 0 Å². The Bertz CT molecular complexity index is 206. The monoisotopic (exact) mass is 213 g/mol. The lowest BCUT2D eigenvalue weighted by atomic mass is 9.71. The molecule has 1 fully saturated rings. The quantitative estimate of drug-likeness (QED) is 0.757. The van der Waals surface area contributed by atoms with Crippen LogP contribution in [0.5, 0.6) is 0 Å². The standard InChI is InChI=1S/C12H23NO2/c1-3-10(4-2)11(14)12(9-13)5-7-15-8-6-12/h10H,3-9,13H2,1-2H3. The van der Waals surface area contributed by atoms with Crippen LogP contribution in [-0.4, -0.2) is 25.5 Å².